The Kier molecular flexibility index (Phi) is 15.3. The lowest BCUT2D eigenvalue weighted by Crippen LogP contribution is -2.53. The summed E-state index contributed by atoms with van der Waals surface area (Å²) in [6, 6.07) is 1.73. The Bertz CT molecular complexity index is 1120. The van der Waals surface area contributed by atoms with E-state index in [2.05, 4.69) is 12.2 Å². The number of nitrogens with zero attached hydrogens (tertiary/aromatic N) is 1. The number of carboxylic acid groups (broad SMARTS) is 2. The molecular weight excluding hydrogens is 578 g/mol. The van der Waals surface area contributed by atoms with Crippen LogP contribution in [-0.2, 0) is 30.4 Å². The molecule has 1 aromatic carbocycles. The number of benzene rings is 1. The first-order valence-corrected chi connectivity index (χ1v) is 15.8. The lowest BCUT2D eigenvalue weighted by atomic mass is 10.0. The highest BCUT2D eigenvalue weighted by Crippen LogP contribution is 2.28. The number of hydrogen-bond acceptors (Lipinski definition) is 9. The van der Waals surface area contributed by atoms with Crippen molar-refractivity contribution in [2.24, 2.45) is 5.73 Å². The Labute approximate surface area is 256 Å². The monoisotopic (exact) mass is 623 g/mol. The first kappa shape index (κ1) is 35.9. The number of carbonyl (C=O) groups excluding carboxylic acids is 3. The largest absolute Gasteiger partial charge is 0.504 e. The smallest absolute Gasteiger partial charge is 0.326 e. The van der Waals surface area contributed by atoms with Crippen molar-refractivity contribution in [2.45, 2.75) is 101 Å². The molecule has 2 rings (SSSR count). The molecule has 0 aliphatic carbocycles. The van der Waals surface area contributed by atoms with Gasteiger partial charge in [0.1, 0.15) is 23.9 Å². The van der Waals surface area contributed by atoms with E-state index in [-0.39, 0.29) is 54.8 Å². The summed E-state index contributed by atoms with van der Waals surface area (Å²) >= 11 is 1.40. The van der Waals surface area contributed by atoms with Crippen LogP contribution in [0.1, 0.15) is 76.7 Å². The topological polar surface area (TPSA) is 197 Å². The van der Waals surface area contributed by atoms with E-state index in [9.17, 15) is 34.2 Å². The third-order valence-electron chi connectivity index (χ3n) is 7.47. The van der Waals surface area contributed by atoms with E-state index in [1.165, 1.54) is 29.8 Å². The van der Waals surface area contributed by atoms with Gasteiger partial charge in [0, 0.05) is 36.8 Å². The van der Waals surface area contributed by atoms with Crippen LogP contribution in [0.25, 0.3) is 0 Å². The number of aryl methyl sites for hydroxylation is 1. The summed E-state index contributed by atoms with van der Waals surface area (Å²) in [5.74, 6) is -2.86. The lowest BCUT2D eigenvalue weighted by Gasteiger charge is -2.28. The number of unbranched alkanes of at least 4 members (excludes halogenated alkanes) is 2. The molecule has 1 heterocycles. The van der Waals surface area contributed by atoms with Crippen LogP contribution in [0.15, 0.2) is 18.2 Å². The van der Waals surface area contributed by atoms with E-state index >= 15 is 0 Å². The van der Waals surface area contributed by atoms with Crippen molar-refractivity contribution < 1.29 is 44.0 Å². The van der Waals surface area contributed by atoms with Crippen molar-refractivity contribution >= 4 is 41.3 Å². The molecule has 4 unspecified atom stereocenters. The maximum atomic E-state index is 13.5. The predicted octanol–water partition coefficient (Wildman–Crippen LogP) is 2.73. The molecule has 43 heavy (non-hydrogen) atoms. The number of carbonyl (C=O) groups is 5. The summed E-state index contributed by atoms with van der Waals surface area (Å²) in [5.41, 5.74) is 6.37. The number of likely N-dealkylation sites (tertiary alicyclic amines) is 1. The summed E-state index contributed by atoms with van der Waals surface area (Å²) < 4.78 is 5.14. The molecule has 0 spiro atoms. The van der Waals surface area contributed by atoms with Gasteiger partial charge in [-0.1, -0.05) is 32.3 Å². The number of methoxy groups -OCH3 is 1. The van der Waals surface area contributed by atoms with Crippen molar-refractivity contribution in [1.82, 2.24) is 10.2 Å². The fraction of sp³-hybridized carbons (Fsp3) is 0.633. The van der Waals surface area contributed by atoms with E-state index in [1.54, 1.807) is 12.1 Å². The Morgan fingerprint density at radius 1 is 1.14 bits per heavy atom. The van der Waals surface area contributed by atoms with Crippen molar-refractivity contribution in [3.05, 3.63) is 23.8 Å². The van der Waals surface area contributed by atoms with Crippen molar-refractivity contribution in [3.8, 4) is 11.5 Å². The molecule has 4 atom stereocenters. The molecule has 1 aliphatic heterocycles. The number of ether oxygens (including phenoxy) is 1. The summed E-state index contributed by atoms with van der Waals surface area (Å²) in [6.45, 7) is 2.34. The average Bonchev–Trinajstić information content (AvgIpc) is 3.47. The Morgan fingerprint density at radius 3 is 2.53 bits per heavy atom. The molecule has 0 aromatic heterocycles. The minimum atomic E-state index is -1.23. The molecule has 12 nitrogen and oxygen atoms in total. The molecule has 1 aromatic rings. The van der Waals surface area contributed by atoms with Gasteiger partial charge < -0.3 is 36.0 Å². The third kappa shape index (κ3) is 12.1. The second kappa shape index (κ2) is 18.4. The molecule has 240 valence electrons. The van der Waals surface area contributed by atoms with E-state index in [4.69, 9.17) is 15.6 Å². The van der Waals surface area contributed by atoms with Crippen LogP contribution in [0.3, 0.4) is 0 Å². The summed E-state index contributed by atoms with van der Waals surface area (Å²) in [4.78, 5) is 63.3. The third-order valence-corrected chi connectivity index (χ3v) is 8.87. The highest BCUT2D eigenvalue weighted by atomic mass is 32.2. The number of nitrogens with one attached hydrogen (secondary N) is 1. The van der Waals surface area contributed by atoms with E-state index in [1.807, 2.05) is 0 Å². The summed E-state index contributed by atoms with van der Waals surface area (Å²) in [5, 5.41) is 31.0. The van der Waals surface area contributed by atoms with Crippen LogP contribution < -0.4 is 15.8 Å². The summed E-state index contributed by atoms with van der Waals surface area (Å²) in [6.07, 6.45) is 5.18. The number of hydrogen-bond donors (Lipinski definition) is 5. The van der Waals surface area contributed by atoms with Gasteiger partial charge in [0.15, 0.2) is 11.5 Å². The number of rotatable bonds is 20. The van der Waals surface area contributed by atoms with Crippen LogP contribution in [0.2, 0.25) is 0 Å². The molecule has 0 saturated carbocycles. The second-order valence-corrected chi connectivity index (χ2v) is 12.2. The number of carboxylic acids is 2. The van der Waals surface area contributed by atoms with Gasteiger partial charge in [-0.05, 0) is 49.8 Å². The van der Waals surface area contributed by atoms with Crippen LogP contribution in [0.4, 0.5) is 0 Å². The molecular formula is C30H45N3O9S. The number of Topliss-reactive ketones (excluding diaryl/α,β-unsaturated/α-hetero) is 1. The highest BCUT2D eigenvalue weighted by molar-refractivity contribution is 8.00. The number of aliphatic carboxylic acids is 2. The van der Waals surface area contributed by atoms with E-state index in [0.29, 0.717) is 25.0 Å². The predicted molar refractivity (Wildman–Crippen MR) is 162 cm³/mol. The molecule has 1 saturated heterocycles. The Hall–Kier alpha value is -3.32. The van der Waals surface area contributed by atoms with Gasteiger partial charge in [-0.15, -0.1) is 0 Å². The molecule has 13 heteroatoms. The number of thioether (sulfide) groups is 1. The fourth-order valence-electron chi connectivity index (χ4n) is 4.95. The van der Waals surface area contributed by atoms with Gasteiger partial charge in [-0.25, -0.2) is 4.79 Å². The average molecular weight is 624 g/mol. The van der Waals surface area contributed by atoms with E-state index in [0.717, 1.165) is 31.2 Å². The van der Waals surface area contributed by atoms with Crippen LogP contribution in [0.5, 0.6) is 11.5 Å². The molecule has 6 N–H and O–H groups in total. The fourth-order valence-corrected chi connectivity index (χ4v) is 6.28. The van der Waals surface area contributed by atoms with Gasteiger partial charge in [-0.2, -0.15) is 11.8 Å². The number of nitrogens with two attached hydrogens (primary N) is 1. The SMILES string of the molecule is CCCCCC(CC(=O)CCc1ccc(O)c(OC)c1)SCC(NC(=O)CCC(N)C(=O)O)C(=O)N1CCCC1C(=O)O. The standard InChI is InChI=1S/C30H45N3O9S/c1-3-4-5-7-21(17-20(34)11-9-19-10-13-25(35)26(16-19)42-2)43-18-23(32-27(36)14-12-22(31)29(38)39)28(37)33-15-6-8-24(33)30(40)41/h10,13,16,21-24,35H,3-9,11-12,14-15,17-18,31H2,1-2H3,(H,32,36)(H,38,39)(H,40,41). The van der Waals surface area contributed by atoms with Crippen molar-refractivity contribution in [2.75, 3.05) is 19.4 Å². The van der Waals surface area contributed by atoms with Gasteiger partial charge in [0.25, 0.3) is 0 Å². The quantitative estimate of drug-likeness (QED) is 0.134. The molecule has 0 bridgehead atoms. The zero-order chi connectivity index (χ0) is 31.9. The lowest BCUT2D eigenvalue weighted by molar-refractivity contribution is -0.149. The molecule has 1 aliphatic rings. The maximum absolute atomic E-state index is 13.5. The second-order valence-electron chi connectivity index (χ2n) is 10.8. The van der Waals surface area contributed by atoms with Crippen LogP contribution in [-0.4, -0.2) is 92.5 Å². The number of phenols is 1. The Balaban J connectivity index is 2.10. The summed E-state index contributed by atoms with van der Waals surface area (Å²) in [7, 11) is 1.46. The maximum Gasteiger partial charge on any atom is 0.326 e. The van der Waals surface area contributed by atoms with Crippen LogP contribution in [0, 0.1) is 0 Å². The zero-order valence-corrected chi connectivity index (χ0v) is 25.8. The first-order valence-electron chi connectivity index (χ1n) is 14.8. The zero-order valence-electron chi connectivity index (χ0n) is 25.0. The molecule has 2 amide bonds. The minimum Gasteiger partial charge on any atom is -0.504 e. The van der Waals surface area contributed by atoms with Crippen molar-refractivity contribution in [1.29, 1.82) is 0 Å². The van der Waals surface area contributed by atoms with Gasteiger partial charge >= 0.3 is 11.9 Å². The number of phenolic OH excluding ortho intramolecular Hbond substituents is 1. The van der Waals surface area contributed by atoms with Gasteiger partial charge in [0.05, 0.1) is 7.11 Å². The number of amides is 2. The van der Waals surface area contributed by atoms with E-state index < -0.39 is 41.9 Å². The molecule has 0 radical (unpaired) electrons. The number of ketones is 1. The Morgan fingerprint density at radius 2 is 1.88 bits per heavy atom. The number of aromatic hydroxyl groups is 1. The highest BCUT2D eigenvalue weighted by Gasteiger charge is 2.38. The normalized spacial score (nSPS) is 16.7. The van der Waals surface area contributed by atoms with Gasteiger partial charge in [0.2, 0.25) is 11.8 Å². The van der Waals surface area contributed by atoms with Crippen molar-refractivity contribution in [3.63, 3.8) is 0 Å². The van der Waals surface area contributed by atoms with Gasteiger partial charge in [-0.3, -0.25) is 19.2 Å². The minimum absolute atomic E-state index is 0.0227. The van der Waals surface area contributed by atoms with Crippen LogP contribution >= 0.6 is 11.8 Å². The molecule has 1 fully saturated rings. The first-order chi connectivity index (χ1) is 20.5.